The lowest BCUT2D eigenvalue weighted by Gasteiger charge is -2.39. The molecule has 0 aliphatic carbocycles. The molecule has 0 atom stereocenters. The number of ether oxygens (including phenoxy) is 1. The summed E-state index contributed by atoms with van der Waals surface area (Å²) in [5.74, 6) is 1.31. The second kappa shape index (κ2) is 3.70. The predicted molar refractivity (Wildman–Crippen MR) is 57.2 cm³/mol. The number of nitrogens with two attached hydrogens (primary N) is 1. The molecule has 0 amide bonds. The number of anilines is 2. The summed E-state index contributed by atoms with van der Waals surface area (Å²) in [6.45, 7) is 1.71. The van der Waals surface area contributed by atoms with E-state index in [-0.39, 0.29) is 0 Å². The number of aromatic nitrogens is 2. The van der Waals surface area contributed by atoms with Crippen LogP contribution in [0, 0.1) is 0 Å². The fourth-order valence-electron chi connectivity index (χ4n) is 1.35. The summed E-state index contributed by atoms with van der Waals surface area (Å²) >= 11 is 3.36. The van der Waals surface area contributed by atoms with E-state index in [4.69, 9.17) is 10.5 Å². The summed E-state index contributed by atoms with van der Waals surface area (Å²) in [4.78, 5) is 10.1. The molecular formula is C8H11BrN4O. The Morgan fingerprint density at radius 3 is 2.93 bits per heavy atom. The Balaban J connectivity index is 2.14. The average molecular weight is 259 g/mol. The predicted octanol–water partition coefficient (Wildman–Crippen LogP) is 0.656. The van der Waals surface area contributed by atoms with Gasteiger partial charge in [0.1, 0.15) is 22.4 Å². The van der Waals surface area contributed by atoms with Crippen LogP contribution in [0.2, 0.25) is 0 Å². The number of hydrogen-bond donors (Lipinski definition) is 1. The van der Waals surface area contributed by atoms with Gasteiger partial charge in [-0.05, 0) is 15.9 Å². The van der Waals surface area contributed by atoms with E-state index < -0.39 is 0 Å². The molecule has 14 heavy (non-hydrogen) atoms. The maximum absolute atomic E-state index is 5.65. The van der Waals surface area contributed by atoms with Crippen molar-refractivity contribution in [1.29, 1.82) is 0 Å². The zero-order chi connectivity index (χ0) is 10.1. The van der Waals surface area contributed by atoms with Gasteiger partial charge < -0.3 is 15.4 Å². The number of nitrogens with zero attached hydrogens (tertiary/aromatic N) is 3. The molecule has 0 unspecified atom stereocenters. The summed E-state index contributed by atoms with van der Waals surface area (Å²) in [6.07, 6.45) is 1.77. The van der Waals surface area contributed by atoms with Crippen LogP contribution in [-0.4, -0.2) is 36.3 Å². The Labute approximate surface area is 90.4 Å². The molecule has 0 spiro atoms. The van der Waals surface area contributed by atoms with Gasteiger partial charge in [0.15, 0.2) is 0 Å². The molecule has 1 fully saturated rings. The van der Waals surface area contributed by atoms with Crippen LogP contribution in [0.5, 0.6) is 0 Å². The summed E-state index contributed by atoms with van der Waals surface area (Å²) < 4.78 is 5.94. The van der Waals surface area contributed by atoms with Crippen LogP contribution < -0.4 is 10.6 Å². The Bertz CT molecular complexity index is 340. The lowest BCUT2D eigenvalue weighted by molar-refractivity contribution is 0.0782. The van der Waals surface area contributed by atoms with Crippen molar-refractivity contribution in [2.45, 2.75) is 6.10 Å². The second-order valence-electron chi connectivity index (χ2n) is 3.16. The lowest BCUT2D eigenvalue weighted by Crippen LogP contribution is -2.52. The topological polar surface area (TPSA) is 64.3 Å². The van der Waals surface area contributed by atoms with Crippen molar-refractivity contribution in [1.82, 2.24) is 9.97 Å². The van der Waals surface area contributed by atoms with Gasteiger partial charge in [-0.1, -0.05) is 0 Å². The molecule has 1 aliphatic heterocycles. The molecule has 2 heterocycles. The van der Waals surface area contributed by atoms with Crippen molar-refractivity contribution in [3.05, 3.63) is 10.8 Å². The minimum atomic E-state index is 0.304. The first kappa shape index (κ1) is 9.67. The highest BCUT2D eigenvalue weighted by atomic mass is 79.9. The first-order valence-electron chi connectivity index (χ1n) is 4.26. The Kier molecular flexibility index (Phi) is 2.56. The van der Waals surface area contributed by atoms with Crippen molar-refractivity contribution in [2.24, 2.45) is 0 Å². The van der Waals surface area contributed by atoms with Gasteiger partial charge >= 0.3 is 0 Å². The molecule has 1 aliphatic rings. The Hall–Kier alpha value is -0.880. The Morgan fingerprint density at radius 1 is 1.57 bits per heavy atom. The standard InChI is InChI=1S/C8H11BrN4O/c1-14-5-2-13(3-5)8-6(9)7(10)11-4-12-8/h4-5H,2-3H2,1H3,(H2,10,11,12). The molecule has 0 bridgehead atoms. The van der Waals surface area contributed by atoms with Crippen LogP contribution >= 0.6 is 15.9 Å². The SMILES string of the molecule is COC1CN(c2ncnc(N)c2Br)C1. The van der Waals surface area contributed by atoms with Gasteiger partial charge in [-0.15, -0.1) is 0 Å². The minimum absolute atomic E-state index is 0.304. The molecule has 2 rings (SSSR count). The molecule has 0 radical (unpaired) electrons. The molecule has 5 nitrogen and oxygen atoms in total. The first-order chi connectivity index (χ1) is 6.72. The van der Waals surface area contributed by atoms with Crippen LogP contribution in [0.3, 0.4) is 0 Å². The summed E-state index contributed by atoms with van der Waals surface area (Å²) in [6, 6.07) is 0. The minimum Gasteiger partial charge on any atom is -0.383 e. The highest BCUT2D eigenvalue weighted by Crippen LogP contribution is 2.30. The first-order valence-corrected chi connectivity index (χ1v) is 5.05. The maximum atomic E-state index is 5.65. The fourth-order valence-corrected chi connectivity index (χ4v) is 1.81. The van der Waals surface area contributed by atoms with E-state index in [2.05, 4.69) is 30.8 Å². The third kappa shape index (κ3) is 1.55. The highest BCUT2D eigenvalue weighted by molar-refractivity contribution is 9.10. The molecule has 0 aromatic carbocycles. The number of halogens is 1. The largest absolute Gasteiger partial charge is 0.383 e. The molecule has 1 aromatic rings. The van der Waals surface area contributed by atoms with Gasteiger partial charge in [0, 0.05) is 20.2 Å². The molecule has 6 heteroatoms. The van der Waals surface area contributed by atoms with E-state index >= 15 is 0 Å². The normalized spacial score (nSPS) is 16.9. The monoisotopic (exact) mass is 258 g/mol. The lowest BCUT2D eigenvalue weighted by atomic mass is 10.2. The molecule has 1 aromatic heterocycles. The Morgan fingerprint density at radius 2 is 2.29 bits per heavy atom. The highest BCUT2D eigenvalue weighted by Gasteiger charge is 2.29. The zero-order valence-electron chi connectivity index (χ0n) is 7.77. The third-order valence-corrected chi connectivity index (χ3v) is 3.04. The summed E-state index contributed by atoms with van der Waals surface area (Å²) in [5.41, 5.74) is 5.65. The summed E-state index contributed by atoms with van der Waals surface area (Å²) in [7, 11) is 1.71. The van der Waals surface area contributed by atoms with Crippen LogP contribution in [0.4, 0.5) is 11.6 Å². The van der Waals surface area contributed by atoms with Crippen LogP contribution in [0.1, 0.15) is 0 Å². The zero-order valence-corrected chi connectivity index (χ0v) is 9.36. The maximum Gasteiger partial charge on any atom is 0.148 e. The third-order valence-electron chi connectivity index (χ3n) is 2.28. The van der Waals surface area contributed by atoms with Gasteiger partial charge in [-0.25, -0.2) is 9.97 Å². The van der Waals surface area contributed by atoms with Gasteiger partial charge in [0.2, 0.25) is 0 Å². The van der Waals surface area contributed by atoms with Crippen molar-refractivity contribution in [2.75, 3.05) is 30.8 Å². The van der Waals surface area contributed by atoms with E-state index in [1.54, 1.807) is 7.11 Å². The molecular weight excluding hydrogens is 248 g/mol. The van der Waals surface area contributed by atoms with Gasteiger partial charge in [-0.3, -0.25) is 0 Å². The molecule has 2 N–H and O–H groups in total. The van der Waals surface area contributed by atoms with E-state index in [9.17, 15) is 0 Å². The van der Waals surface area contributed by atoms with E-state index in [0.29, 0.717) is 11.9 Å². The van der Waals surface area contributed by atoms with Crippen LogP contribution in [0.15, 0.2) is 10.8 Å². The van der Waals surface area contributed by atoms with Gasteiger partial charge in [0.05, 0.1) is 6.10 Å². The molecule has 1 saturated heterocycles. The number of methoxy groups -OCH3 is 1. The number of hydrogen-bond acceptors (Lipinski definition) is 5. The fraction of sp³-hybridized carbons (Fsp3) is 0.500. The van der Waals surface area contributed by atoms with Crippen molar-refractivity contribution < 1.29 is 4.74 Å². The second-order valence-corrected chi connectivity index (χ2v) is 3.95. The van der Waals surface area contributed by atoms with Crippen molar-refractivity contribution >= 4 is 27.6 Å². The average Bonchev–Trinajstić information content (AvgIpc) is 2.10. The van der Waals surface area contributed by atoms with Crippen molar-refractivity contribution in [3.63, 3.8) is 0 Å². The van der Waals surface area contributed by atoms with Crippen LogP contribution in [-0.2, 0) is 4.74 Å². The van der Waals surface area contributed by atoms with E-state index in [1.807, 2.05) is 0 Å². The smallest absolute Gasteiger partial charge is 0.148 e. The van der Waals surface area contributed by atoms with E-state index in [1.165, 1.54) is 6.33 Å². The summed E-state index contributed by atoms with van der Waals surface area (Å²) in [5, 5.41) is 0. The number of rotatable bonds is 2. The van der Waals surface area contributed by atoms with E-state index in [0.717, 1.165) is 23.4 Å². The number of nitrogen functional groups attached to an aromatic ring is 1. The van der Waals surface area contributed by atoms with Gasteiger partial charge in [-0.2, -0.15) is 0 Å². The molecule has 76 valence electrons. The van der Waals surface area contributed by atoms with Crippen LogP contribution in [0.25, 0.3) is 0 Å². The quantitative estimate of drug-likeness (QED) is 0.845. The van der Waals surface area contributed by atoms with Crippen molar-refractivity contribution in [3.8, 4) is 0 Å². The van der Waals surface area contributed by atoms with Gasteiger partial charge in [0.25, 0.3) is 0 Å². The molecule has 0 saturated carbocycles.